The van der Waals surface area contributed by atoms with Crippen molar-refractivity contribution in [3.05, 3.63) is 63.7 Å². The summed E-state index contributed by atoms with van der Waals surface area (Å²) in [6, 6.07) is 15.7. The van der Waals surface area contributed by atoms with Crippen LogP contribution in [0.1, 0.15) is 5.56 Å². The summed E-state index contributed by atoms with van der Waals surface area (Å²) >= 11 is 9.67. The summed E-state index contributed by atoms with van der Waals surface area (Å²) in [5.41, 5.74) is 2.49. The summed E-state index contributed by atoms with van der Waals surface area (Å²) < 4.78 is 2.88. The van der Waals surface area contributed by atoms with Gasteiger partial charge >= 0.3 is 0 Å². The van der Waals surface area contributed by atoms with Crippen LogP contribution in [0.15, 0.2) is 53.1 Å². The Morgan fingerprint density at radius 2 is 1.95 bits per heavy atom. The highest BCUT2D eigenvalue weighted by molar-refractivity contribution is 9.10. The molecule has 0 radical (unpaired) electrons. The first-order chi connectivity index (χ1) is 9.20. The standard InChI is InChI=1S/C15H8BrClN2/c16-11-5-6-15(13(17)7-11)19-9-10(8-18)12-3-1-2-4-14(12)19/h1-7,9H. The topological polar surface area (TPSA) is 28.7 Å². The minimum Gasteiger partial charge on any atom is -0.314 e. The van der Waals surface area contributed by atoms with Gasteiger partial charge in [0.15, 0.2) is 0 Å². The lowest BCUT2D eigenvalue weighted by molar-refractivity contribution is 1.12. The van der Waals surface area contributed by atoms with Crippen LogP contribution in [-0.4, -0.2) is 4.57 Å². The Balaban J connectivity index is 2.34. The van der Waals surface area contributed by atoms with E-state index < -0.39 is 0 Å². The van der Waals surface area contributed by atoms with Crippen molar-refractivity contribution in [1.29, 1.82) is 5.26 Å². The molecule has 3 rings (SSSR count). The molecule has 2 nitrogen and oxygen atoms in total. The maximum atomic E-state index is 9.21. The van der Waals surface area contributed by atoms with Gasteiger partial charge in [0.1, 0.15) is 6.07 Å². The molecule has 0 aliphatic heterocycles. The fourth-order valence-corrected chi connectivity index (χ4v) is 2.91. The van der Waals surface area contributed by atoms with Gasteiger partial charge in [0.2, 0.25) is 0 Å². The second-order valence-corrected chi connectivity index (χ2v) is 5.46. The average Bonchev–Trinajstić information content (AvgIpc) is 2.78. The van der Waals surface area contributed by atoms with E-state index in [0.717, 1.165) is 21.1 Å². The Kier molecular flexibility index (Phi) is 3.06. The number of aromatic nitrogens is 1. The maximum absolute atomic E-state index is 9.21. The average molecular weight is 332 g/mol. The molecule has 0 unspecified atom stereocenters. The summed E-state index contributed by atoms with van der Waals surface area (Å²) in [6.07, 6.45) is 1.82. The second kappa shape index (κ2) is 4.73. The van der Waals surface area contributed by atoms with E-state index in [9.17, 15) is 5.26 Å². The third kappa shape index (κ3) is 2.03. The number of hydrogen-bond donors (Lipinski definition) is 0. The molecule has 0 fully saturated rings. The van der Waals surface area contributed by atoms with Gasteiger partial charge in [-0.3, -0.25) is 0 Å². The van der Waals surface area contributed by atoms with E-state index in [1.165, 1.54) is 0 Å². The number of benzene rings is 2. The van der Waals surface area contributed by atoms with Crippen LogP contribution in [0.5, 0.6) is 0 Å². The van der Waals surface area contributed by atoms with Gasteiger partial charge in [-0.2, -0.15) is 5.26 Å². The maximum Gasteiger partial charge on any atom is 0.101 e. The van der Waals surface area contributed by atoms with E-state index in [0.29, 0.717) is 10.6 Å². The Bertz CT molecular complexity index is 815. The van der Waals surface area contributed by atoms with Crippen molar-refractivity contribution >= 4 is 38.4 Å². The van der Waals surface area contributed by atoms with Crippen LogP contribution in [0, 0.1) is 11.3 Å². The summed E-state index contributed by atoms with van der Waals surface area (Å²) in [5, 5.41) is 10.8. The van der Waals surface area contributed by atoms with E-state index in [4.69, 9.17) is 11.6 Å². The molecule has 0 N–H and O–H groups in total. The van der Waals surface area contributed by atoms with Gasteiger partial charge in [-0.05, 0) is 24.3 Å². The van der Waals surface area contributed by atoms with Crippen molar-refractivity contribution < 1.29 is 0 Å². The van der Waals surface area contributed by atoms with E-state index in [-0.39, 0.29) is 0 Å². The Hall–Kier alpha value is -1.76. The van der Waals surface area contributed by atoms with E-state index >= 15 is 0 Å². The number of fused-ring (bicyclic) bond motifs is 1. The fourth-order valence-electron chi connectivity index (χ4n) is 2.14. The smallest absolute Gasteiger partial charge is 0.101 e. The van der Waals surface area contributed by atoms with Crippen molar-refractivity contribution in [3.63, 3.8) is 0 Å². The number of hydrogen-bond acceptors (Lipinski definition) is 1. The normalized spacial score (nSPS) is 10.6. The first-order valence-corrected chi connectivity index (χ1v) is 6.83. The van der Waals surface area contributed by atoms with Crippen LogP contribution in [0.25, 0.3) is 16.6 Å². The van der Waals surface area contributed by atoms with E-state index in [2.05, 4.69) is 22.0 Å². The fraction of sp³-hybridized carbons (Fsp3) is 0. The summed E-state index contributed by atoms with van der Waals surface area (Å²) in [5.74, 6) is 0. The molecule has 0 spiro atoms. The van der Waals surface area contributed by atoms with Gasteiger partial charge < -0.3 is 4.57 Å². The molecule has 0 aliphatic carbocycles. The van der Waals surface area contributed by atoms with Gasteiger partial charge in [-0.15, -0.1) is 0 Å². The minimum atomic E-state index is 0.639. The molecule has 3 aromatic rings. The molecule has 92 valence electrons. The Morgan fingerprint density at radius 1 is 1.16 bits per heavy atom. The number of nitriles is 1. The predicted octanol–water partition coefficient (Wildman–Crippen LogP) is 4.92. The highest BCUT2D eigenvalue weighted by Crippen LogP contribution is 2.30. The lowest BCUT2D eigenvalue weighted by atomic mass is 10.2. The molecule has 1 heterocycles. The molecular formula is C15H8BrClN2. The van der Waals surface area contributed by atoms with Crippen LogP contribution in [0.4, 0.5) is 0 Å². The molecule has 4 heteroatoms. The van der Waals surface area contributed by atoms with Crippen LogP contribution in [0.2, 0.25) is 5.02 Å². The summed E-state index contributed by atoms with van der Waals surface area (Å²) in [6.45, 7) is 0. The highest BCUT2D eigenvalue weighted by atomic mass is 79.9. The molecule has 0 saturated carbocycles. The lowest BCUT2D eigenvalue weighted by Gasteiger charge is -2.07. The summed E-state index contributed by atoms with van der Waals surface area (Å²) in [7, 11) is 0. The SMILES string of the molecule is N#Cc1cn(-c2ccc(Br)cc2Cl)c2ccccc12. The molecule has 0 saturated heterocycles. The molecule has 2 aromatic carbocycles. The number of nitrogens with zero attached hydrogens (tertiary/aromatic N) is 2. The molecule has 19 heavy (non-hydrogen) atoms. The Labute approximate surface area is 124 Å². The third-order valence-corrected chi connectivity index (χ3v) is 3.80. The predicted molar refractivity (Wildman–Crippen MR) is 80.7 cm³/mol. The zero-order valence-electron chi connectivity index (χ0n) is 9.77. The first-order valence-electron chi connectivity index (χ1n) is 5.66. The number of rotatable bonds is 1. The van der Waals surface area contributed by atoms with Gasteiger partial charge in [-0.1, -0.05) is 45.7 Å². The third-order valence-electron chi connectivity index (χ3n) is 3.00. The zero-order valence-corrected chi connectivity index (χ0v) is 12.1. The van der Waals surface area contributed by atoms with E-state index in [1.54, 1.807) is 0 Å². The molecular weight excluding hydrogens is 324 g/mol. The van der Waals surface area contributed by atoms with Gasteiger partial charge in [0.05, 0.1) is 21.8 Å². The molecule has 0 bridgehead atoms. The monoisotopic (exact) mass is 330 g/mol. The molecule has 0 amide bonds. The number of para-hydroxylation sites is 1. The molecule has 0 atom stereocenters. The van der Waals surface area contributed by atoms with Crippen molar-refractivity contribution in [3.8, 4) is 11.8 Å². The lowest BCUT2D eigenvalue weighted by Crippen LogP contribution is -1.92. The zero-order chi connectivity index (χ0) is 13.4. The van der Waals surface area contributed by atoms with Gasteiger partial charge in [0, 0.05) is 16.1 Å². The van der Waals surface area contributed by atoms with Crippen LogP contribution in [-0.2, 0) is 0 Å². The van der Waals surface area contributed by atoms with Crippen LogP contribution < -0.4 is 0 Å². The van der Waals surface area contributed by atoms with Crippen LogP contribution in [0.3, 0.4) is 0 Å². The van der Waals surface area contributed by atoms with Gasteiger partial charge in [0.25, 0.3) is 0 Å². The quantitative estimate of drug-likeness (QED) is 0.622. The summed E-state index contributed by atoms with van der Waals surface area (Å²) in [4.78, 5) is 0. The molecule has 0 aliphatic rings. The Morgan fingerprint density at radius 3 is 2.68 bits per heavy atom. The van der Waals surface area contributed by atoms with Crippen molar-refractivity contribution in [2.45, 2.75) is 0 Å². The highest BCUT2D eigenvalue weighted by Gasteiger charge is 2.11. The van der Waals surface area contributed by atoms with Crippen molar-refractivity contribution in [2.75, 3.05) is 0 Å². The largest absolute Gasteiger partial charge is 0.314 e. The van der Waals surface area contributed by atoms with Gasteiger partial charge in [-0.25, -0.2) is 0 Å². The second-order valence-electron chi connectivity index (χ2n) is 4.14. The molecule has 1 aromatic heterocycles. The van der Waals surface area contributed by atoms with E-state index in [1.807, 2.05) is 53.2 Å². The van der Waals surface area contributed by atoms with Crippen molar-refractivity contribution in [2.24, 2.45) is 0 Å². The van der Waals surface area contributed by atoms with Crippen LogP contribution >= 0.6 is 27.5 Å². The number of halogens is 2. The van der Waals surface area contributed by atoms with Crippen molar-refractivity contribution in [1.82, 2.24) is 4.57 Å². The first kappa shape index (κ1) is 12.3. The minimum absolute atomic E-state index is 0.639.